The molecule has 0 saturated heterocycles. The molecule has 0 spiro atoms. The molecule has 1 aromatic heterocycles. The summed E-state index contributed by atoms with van der Waals surface area (Å²) >= 11 is -1.46. The molecular weight excluding hydrogens is 384 g/mol. The van der Waals surface area contributed by atoms with Gasteiger partial charge in [0.1, 0.15) is 21.9 Å². The summed E-state index contributed by atoms with van der Waals surface area (Å²) in [6, 6.07) is 3.58. The zero-order chi connectivity index (χ0) is 21.0. The normalized spacial score (nSPS) is 19.0. The van der Waals surface area contributed by atoms with Crippen molar-refractivity contribution < 1.29 is 13.3 Å². The number of aryl methyl sites for hydroxylation is 1. The molecule has 8 heteroatoms. The highest BCUT2D eigenvalue weighted by atomic mass is 32.2. The van der Waals surface area contributed by atoms with Gasteiger partial charge in [-0.05, 0) is 52.3 Å². The molecule has 1 aromatic carbocycles. The van der Waals surface area contributed by atoms with Crippen LogP contribution in [0.4, 0.5) is 8.78 Å². The molecule has 0 N–H and O–H groups in total. The van der Waals surface area contributed by atoms with Gasteiger partial charge in [0.2, 0.25) is 5.92 Å². The third-order valence-electron chi connectivity index (χ3n) is 4.95. The first kappa shape index (κ1) is 20.9. The SMILES string of the molecule is CC(=N[S@+]([O-])C(C)(C)C)c1cc(C)cc2c(=O)n(C)c(C3CC(F)(F)C3)nc12. The van der Waals surface area contributed by atoms with Gasteiger partial charge in [0.05, 0.1) is 16.6 Å². The van der Waals surface area contributed by atoms with Crippen molar-refractivity contribution in [1.82, 2.24) is 9.55 Å². The van der Waals surface area contributed by atoms with Crippen molar-refractivity contribution in [3.63, 3.8) is 0 Å². The van der Waals surface area contributed by atoms with Crippen molar-refractivity contribution in [2.24, 2.45) is 11.4 Å². The number of hydrogen-bond acceptors (Lipinski definition) is 4. The van der Waals surface area contributed by atoms with Crippen LogP contribution in [0.3, 0.4) is 0 Å². The minimum Gasteiger partial charge on any atom is -0.591 e. The van der Waals surface area contributed by atoms with Crippen molar-refractivity contribution in [1.29, 1.82) is 0 Å². The second kappa shape index (κ2) is 6.91. The molecule has 1 aliphatic rings. The number of fused-ring (bicyclic) bond motifs is 1. The Hall–Kier alpha value is -1.80. The molecule has 1 aliphatic carbocycles. The molecule has 1 heterocycles. The van der Waals surface area contributed by atoms with E-state index in [2.05, 4.69) is 9.38 Å². The van der Waals surface area contributed by atoms with E-state index in [0.717, 1.165) is 5.56 Å². The Morgan fingerprint density at radius 2 is 1.96 bits per heavy atom. The van der Waals surface area contributed by atoms with E-state index in [0.29, 0.717) is 28.0 Å². The van der Waals surface area contributed by atoms with Gasteiger partial charge in [-0.3, -0.25) is 9.36 Å². The Labute approximate surface area is 166 Å². The topological polar surface area (TPSA) is 70.3 Å². The minimum absolute atomic E-state index is 0.273. The average molecular weight is 410 g/mol. The molecular formula is C20H25F2N3O2S. The zero-order valence-corrected chi connectivity index (χ0v) is 17.8. The Kier molecular flexibility index (Phi) is 5.17. The lowest BCUT2D eigenvalue weighted by Gasteiger charge is -2.35. The maximum Gasteiger partial charge on any atom is 0.261 e. The first-order valence-corrected chi connectivity index (χ1v) is 10.3. The molecule has 0 aliphatic heterocycles. The predicted octanol–water partition coefficient (Wildman–Crippen LogP) is 4.03. The lowest BCUT2D eigenvalue weighted by Crippen LogP contribution is -2.37. The molecule has 5 nitrogen and oxygen atoms in total. The smallest absolute Gasteiger partial charge is 0.261 e. The summed E-state index contributed by atoms with van der Waals surface area (Å²) in [6.45, 7) is 9.08. The van der Waals surface area contributed by atoms with Gasteiger partial charge in [-0.15, -0.1) is 0 Å². The fourth-order valence-electron chi connectivity index (χ4n) is 3.33. The first-order chi connectivity index (χ1) is 12.8. The zero-order valence-electron chi connectivity index (χ0n) is 17.0. The van der Waals surface area contributed by atoms with E-state index in [1.807, 2.05) is 33.8 Å². The van der Waals surface area contributed by atoms with Crippen LogP contribution in [0, 0.1) is 6.92 Å². The Morgan fingerprint density at radius 1 is 1.36 bits per heavy atom. The van der Waals surface area contributed by atoms with E-state index in [4.69, 9.17) is 0 Å². The van der Waals surface area contributed by atoms with Gasteiger partial charge < -0.3 is 4.55 Å². The number of halogens is 2. The van der Waals surface area contributed by atoms with Crippen LogP contribution in [0.1, 0.15) is 63.4 Å². The van der Waals surface area contributed by atoms with Crippen molar-refractivity contribution in [3.05, 3.63) is 39.4 Å². The number of alkyl halides is 2. The fraction of sp³-hybridized carbons (Fsp3) is 0.550. The van der Waals surface area contributed by atoms with Crippen LogP contribution in [0.25, 0.3) is 10.9 Å². The molecule has 0 amide bonds. The van der Waals surface area contributed by atoms with E-state index in [1.54, 1.807) is 20.0 Å². The van der Waals surface area contributed by atoms with E-state index < -0.39 is 27.9 Å². The number of benzene rings is 1. The Bertz CT molecular complexity index is 1020. The van der Waals surface area contributed by atoms with Crippen molar-refractivity contribution >= 4 is 28.0 Å². The van der Waals surface area contributed by atoms with Crippen molar-refractivity contribution in [2.75, 3.05) is 0 Å². The molecule has 1 atom stereocenters. The van der Waals surface area contributed by atoms with Gasteiger partial charge in [-0.25, -0.2) is 13.8 Å². The van der Waals surface area contributed by atoms with E-state index >= 15 is 0 Å². The van der Waals surface area contributed by atoms with Crippen molar-refractivity contribution in [2.45, 2.75) is 64.0 Å². The third kappa shape index (κ3) is 3.85. The number of hydrogen-bond donors (Lipinski definition) is 0. The van der Waals surface area contributed by atoms with E-state index in [1.165, 1.54) is 4.57 Å². The molecule has 2 aromatic rings. The summed E-state index contributed by atoms with van der Waals surface area (Å²) in [6.07, 6.45) is -0.609. The highest BCUT2D eigenvalue weighted by Gasteiger charge is 2.47. The summed E-state index contributed by atoms with van der Waals surface area (Å²) < 4.78 is 44.3. The summed E-state index contributed by atoms with van der Waals surface area (Å²) in [5.41, 5.74) is 2.11. The number of nitrogens with zero attached hydrogens (tertiary/aromatic N) is 3. The van der Waals surface area contributed by atoms with Crippen LogP contribution in [-0.2, 0) is 18.4 Å². The lowest BCUT2D eigenvalue weighted by atomic mass is 9.80. The molecule has 0 unspecified atom stereocenters. The Balaban J connectivity index is 2.19. The molecule has 1 fully saturated rings. The predicted molar refractivity (Wildman–Crippen MR) is 109 cm³/mol. The van der Waals surface area contributed by atoms with E-state index in [9.17, 15) is 18.1 Å². The Morgan fingerprint density at radius 3 is 2.50 bits per heavy atom. The second-order valence-electron chi connectivity index (χ2n) is 8.54. The first-order valence-electron chi connectivity index (χ1n) is 9.17. The molecule has 152 valence electrons. The molecule has 3 rings (SSSR count). The van der Waals surface area contributed by atoms with Gasteiger partial charge in [0.15, 0.2) is 0 Å². The maximum atomic E-state index is 13.4. The fourth-order valence-corrected chi connectivity index (χ4v) is 3.95. The summed E-state index contributed by atoms with van der Waals surface area (Å²) in [5.74, 6) is -2.79. The van der Waals surface area contributed by atoms with Crippen LogP contribution in [0.2, 0.25) is 0 Å². The van der Waals surface area contributed by atoms with E-state index in [-0.39, 0.29) is 18.4 Å². The molecule has 0 bridgehead atoms. The molecule has 0 radical (unpaired) electrons. The highest BCUT2D eigenvalue weighted by molar-refractivity contribution is 7.91. The molecule has 28 heavy (non-hydrogen) atoms. The summed E-state index contributed by atoms with van der Waals surface area (Å²) in [5, 5.41) is 0.406. The quantitative estimate of drug-likeness (QED) is 0.568. The van der Waals surface area contributed by atoms with Crippen LogP contribution in [0.5, 0.6) is 0 Å². The van der Waals surface area contributed by atoms with Crippen LogP contribution in [0.15, 0.2) is 21.3 Å². The maximum absolute atomic E-state index is 13.4. The van der Waals surface area contributed by atoms with Gasteiger partial charge >= 0.3 is 0 Å². The number of rotatable bonds is 3. The summed E-state index contributed by atoms with van der Waals surface area (Å²) in [7, 11) is 1.57. The van der Waals surface area contributed by atoms with Gasteiger partial charge in [-0.2, -0.15) is 0 Å². The summed E-state index contributed by atoms with van der Waals surface area (Å²) in [4.78, 5) is 17.5. The van der Waals surface area contributed by atoms with Crippen LogP contribution >= 0.6 is 0 Å². The lowest BCUT2D eigenvalue weighted by molar-refractivity contribution is -0.0891. The van der Waals surface area contributed by atoms with Crippen LogP contribution < -0.4 is 5.56 Å². The average Bonchev–Trinajstić information content (AvgIpc) is 2.54. The third-order valence-corrected chi connectivity index (χ3v) is 6.44. The van der Waals surface area contributed by atoms with Crippen molar-refractivity contribution in [3.8, 4) is 0 Å². The second-order valence-corrected chi connectivity index (χ2v) is 10.4. The monoisotopic (exact) mass is 409 g/mol. The minimum atomic E-state index is -2.70. The largest absolute Gasteiger partial charge is 0.591 e. The standard InChI is InChI=1S/C20H25F2N3O2S/c1-11-7-14(12(2)24-28(27)19(3,4)5)16-15(8-11)18(26)25(6)17(23-16)13-9-20(21,22)10-13/h7-8,13H,9-10H2,1-6H3/t28-/m1/s1. The molecule has 1 saturated carbocycles. The van der Waals surface area contributed by atoms with Gasteiger partial charge in [0.25, 0.3) is 5.56 Å². The van der Waals surface area contributed by atoms with Gasteiger partial charge in [-0.1, -0.05) is 4.40 Å². The highest BCUT2D eigenvalue weighted by Crippen LogP contribution is 2.47. The van der Waals surface area contributed by atoms with Crippen LogP contribution in [-0.4, -0.2) is 30.5 Å². The number of aromatic nitrogens is 2. The van der Waals surface area contributed by atoms with Gasteiger partial charge in [0, 0.05) is 31.4 Å².